The van der Waals surface area contributed by atoms with Gasteiger partial charge in [-0.15, -0.1) is 0 Å². The maximum atomic E-state index is 12.6. The summed E-state index contributed by atoms with van der Waals surface area (Å²) in [6.07, 6.45) is 0.895. The van der Waals surface area contributed by atoms with E-state index in [0.29, 0.717) is 34.0 Å². The van der Waals surface area contributed by atoms with Crippen LogP contribution < -0.4 is 10.1 Å². The van der Waals surface area contributed by atoms with E-state index in [1.165, 1.54) is 7.11 Å². The van der Waals surface area contributed by atoms with E-state index < -0.39 is 18.0 Å². The van der Waals surface area contributed by atoms with E-state index in [4.69, 9.17) is 21.1 Å². The van der Waals surface area contributed by atoms with Crippen molar-refractivity contribution in [1.29, 1.82) is 0 Å². The number of carbonyl (C=O) groups is 2. The van der Waals surface area contributed by atoms with Crippen molar-refractivity contribution in [2.45, 2.75) is 19.4 Å². The quantitative estimate of drug-likeness (QED) is 0.627. The summed E-state index contributed by atoms with van der Waals surface area (Å²) in [6.45, 7) is 1.75. The number of hydrogen-bond acceptors (Lipinski definition) is 5. The van der Waals surface area contributed by atoms with Gasteiger partial charge < -0.3 is 19.8 Å². The van der Waals surface area contributed by atoms with E-state index in [0.717, 1.165) is 5.52 Å². The van der Waals surface area contributed by atoms with Gasteiger partial charge in [-0.1, -0.05) is 18.5 Å². The molecule has 0 fully saturated rings. The zero-order valence-electron chi connectivity index (χ0n) is 14.8. The topological polar surface area (TPSA) is 93.3 Å². The minimum absolute atomic E-state index is 0.312. The first-order chi connectivity index (χ1) is 13.0. The van der Waals surface area contributed by atoms with Crippen LogP contribution >= 0.6 is 11.6 Å². The van der Waals surface area contributed by atoms with E-state index in [9.17, 15) is 9.59 Å². The van der Waals surface area contributed by atoms with Crippen LogP contribution in [0.15, 0.2) is 42.7 Å². The highest BCUT2D eigenvalue weighted by Crippen LogP contribution is 2.28. The molecule has 1 amide bonds. The van der Waals surface area contributed by atoms with Gasteiger partial charge in [0.15, 0.2) is 6.10 Å². The van der Waals surface area contributed by atoms with Crippen LogP contribution in [-0.2, 0) is 9.53 Å². The highest BCUT2D eigenvalue weighted by Gasteiger charge is 2.23. The molecular weight excluding hydrogens is 370 g/mol. The molecule has 0 bridgehead atoms. The molecule has 1 heterocycles. The molecule has 0 saturated heterocycles. The van der Waals surface area contributed by atoms with Crippen molar-refractivity contribution < 1.29 is 19.1 Å². The number of amides is 1. The second kappa shape index (κ2) is 8.09. The summed E-state index contributed by atoms with van der Waals surface area (Å²) in [6, 6.07) is 9.81. The summed E-state index contributed by atoms with van der Waals surface area (Å²) in [5.74, 6) is -0.598. The minimum atomic E-state index is -0.960. The van der Waals surface area contributed by atoms with Gasteiger partial charge in [0.25, 0.3) is 5.91 Å². The average Bonchev–Trinajstić information content (AvgIpc) is 3.13. The van der Waals surface area contributed by atoms with E-state index in [2.05, 4.69) is 15.3 Å². The Balaban J connectivity index is 1.73. The zero-order valence-corrected chi connectivity index (χ0v) is 15.5. The predicted molar refractivity (Wildman–Crippen MR) is 102 cm³/mol. The van der Waals surface area contributed by atoms with Crippen LogP contribution in [0.2, 0.25) is 5.02 Å². The van der Waals surface area contributed by atoms with Crippen LogP contribution in [0.1, 0.15) is 23.7 Å². The van der Waals surface area contributed by atoms with Crippen LogP contribution in [0.5, 0.6) is 5.75 Å². The molecule has 0 spiro atoms. The Morgan fingerprint density at radius 1 is 1.26 bits per heavy atom. The van der Waals surface area contributed by atoms with E-state index in [-0.39, 0.29) is 0 Å². The first kappa shape index (κ1) is 18.7. The molecule has 3 rings (SSSR count). The summed E-state index contributed by atoms with van der Waals surface area (Å²) in [5.41, 5.74) is 2.19. The largest absolute Gasteiger partial charge is 0.495 e. The summed E-state index contributed by atoms with van der Waals surface area (Å²) < 4.78 is 10.6. The number of hydrogen-bond donors (Lipinski definition) is 2. The van der Waals surface area contributed by atoms with Crippen molar-refractivity contribution in [2.75, 3.05) is 12.4 Å². The molecule has 8 heteroatoms. The Labute approximate surface area is 160 Å². The van der Waals surface area contributed by atoms with Crippen LogP contribution in [0.25, 0.3) is 11.0 Å². The number of carbonyl (C=O) groups excluding carboxylic acids is 2. The fourth-order valence-corrected chi connectivity index (χ4v) is 2.75. The first-order valence-corrected chi connectivity index (χ1v) is 8.68. The van der Waals surface area contributed by atoms with Crippen molar-refractivity contribution >= 4 is 40.2 Å². The Kier molecular flexibility index (Phi) is 5.61. The average molecular weight is 388 g/mol. The highest BCUT2D eigenvalue weighted by atomic mass is 35.5. The molecule has 3 aromatic rings. The van der Waals surface area contributed by atoms with Crippen molar-refractivity contribution in [3.05, 3.63) is 53.3 Å². The Hall–Kier alpha value is -3.06. The van der Waals surface area contributed by atoms with E-state index in [1.807, 2.05) is 0 Å². The molecule has 7 nitrogen and oxygen atoms in total. The molecule has 2 aromatic carbocycles. The van der Waals surface area contributed by atoms with Crippen LogP contribution in [0, 0.1) is 0 Å². The number of aromatic nitrogens is 2. The lowest BCUT2D eigenvalue weighted by Crippen LogP contribution is -2.32. The van der Waals surface area contributed by atoms with Crippen LogP contribution in [0.3, 0.4) is 0 Å². The lowest BCUT2D eigenvalue weighted by molar-refractivity contribution is -0.124. The molecular formula is C19H18ClN3O4. The second-order valence-corrected chi connectivity index (χ2v) is 6.21. The van der Waals surface area contributed by atoms with Gasteiger partial charge in [-0.2, -0.15) is 0 Å². The number of imidazole rings is 1. The van der Waals surface area contributed by atoms with Gasteiger partial charge in [-0.05, 0) is 42.8 Å². The lowest BCUT2D eigenvalue weighted by Gasteiger charge is -2.17. The van der Waals surface area contributed by atoms with Gasteiger partial charge in [-0.3, -0.25) is 4.79 Å². The summed E-state index contributed by atoms with van der Waals surface area (Å²) in [7, 11) is 1.49. The third-order valence-electron chi connectivity index (χ3n) is 3.99. The molecule has 0 radical (unpaired) electrons. The number of esters is 1. The number of halogens is 1. The van der Waals surface area contributed by atoms with Crippen molar-refractivity contribution in [2.24, 2.45) is 0 Å². The molecule has 0 saturated carbocycles. The molecule has 0 aliphatic carbocycles. The molecule has 27 heavy (non-hydrogen) atoms. The lowest BCUT2D eigenvalue weighted by atomic mass is 10.2. The normalized spacial score (nSPS) is 11.8. The third kappa shape index (κ3) is 4.20. The Morgan fingerprint density at radius 3 is 2.81 bits per heavy atom. The standard InChI is InChI=1S/C19H18ClN3O4/c1-3-16(18(24)23-15-9-12(20)5-7-17(15)26-2)27-19(25)11-4-6-13-14(8-11)22-10-21-13/h4-10,16H,3H2,1-2H3,(H,21,22)(H,23,24). The number of methoxy groups -OCH3 is 1. The molecule has 1 aromatic heterocycles. The van der Waals surface area contributed by atoms with Gasteiger partial charge >= 0.3 is 5.97 Å². The first-order valence-electron chi connectivity index (χ1n) is 8.30. The summed E-state index contributed by atoms with van der Waals surface area (Å²) in [5, 5.41) is 3.14. The predicted octanol–water partition coefficient (Wildman–Crippen LogP) is 3.80. The maximum Gasteiger partial charge on any atom is 0.338 e. The molecule has 0 aliphatic heterocycles. The number of benzene rings is 2. The number of aromatic amines is 1. The smallest absolute Gasteiger partial charge is 0.338 e. The van der Waals surface area contributed by atoms with Gasteiger partial charge in [0.05, 0.1) is 35.7 Å². The van der Waals surface area contributed by atoms with Crippen molar-refractivity contribution in [3.63, 3.8) is 0 Å². The molecule has 2 N–H and O–H groups in total. The number of nitrogens with one attached hydrogen (secondary N) is 2. The van der Waals surface area contributed by atoms with Crippen LogP contribution in [0.4, 0.5) is 5.69 Å². The summed E-state index contributed by atoms with van der Waals surface area (Å²) >= 11 is 5.97. The maximum absolute atomic E-state index is 12.6. The molecule has 1 atom stereocenters. The Morgan fingerprint density at radius 2 is 2.07 bits per heavy atom. The molecule has 140 valence electrons. The minimum Gasteiger partial charge on any atom is -0.495 e. The van der Waals surface area contributed by atoms with Crippen molar-refractivity contribution in [1.82, 2.24) is 9.97 Å². The highest BCUT2D eigenvalue weighted by molar-refractivity contribution is 6.31. The number of fused-ring (bicyclic) bond motifs is 1. The second-order valence-electron chi connectivity index (χ2n) is 5.77. The number of rotatable bonds is 6. The fourth-order valence-electron chi connectivity index (χ4n) is 2.57. The SMILES string of the molecule is CCC(OC(=O)c1ccc2nc[nH]c2c1)C(=O)Nc1cc(Cl)ccc1OC. The zero-order chi connectivity index (χ0) is 19.4. The summed E-state index contributed by atoms with van der Waals surface area (Å²) in [4.78, 5) is 32.0. The van der Waals surface area contributed by atoms with E-state index in [1.54, 1.807) is 49.6 Å². The van der Waals surface area contributed by atoms with Crippen molar-refractivity contribution in [3.8, 4) is 5.75 Å². The number of nitrogens with zero attached hydrogens (tertiary/aromatic N) is 1. The van der Waals surface area contributed by atoms with Gasteiger partial charge in [-0.25, -0.2) is 9.78 Å². The van der Waals surface area contributed by atoms with Gasteiger partial charge in [0, 0.05) is 5.02 Å². The number of H-pyrrole nitrogens is 1. The molecule has 1 unspecified atom stereocenters. The third-order valence-corrected chi connectivity index (χ3v) is 4.22. The monoisotopic (exact) mass is 387 g/mol. The molecule has 0 aliphatic rings. The number of ether oxygens (including phenoxy) is 2. The van der Waals surface area contributed by atoms with Crippen LogP contribution in [-0.4, -0.2) is 35.1 Å². The van der Waals surface area contributed by atoms with Gasteiger partial charge in [0.1, 0.15) is 5.75 Å². The van der Waals surface area contributed by atoms with Gasteiger partial charge in [0.2, 0.25) is 0 Å². The van der Waals surface area contributed by atoms with E-state index >= 15 is 0 Å². The fraction of sp³-hybridized carbons (Fsp3) is 0.211. The number of anilines is 1. The Bertz CT molecular complexity index is 986.